The zero-order valence-electron chi connectivity index (χ0n) is 15.4. The van der Waals surface area contributed by atoms with Gasteiger partial charge in [-0.1, -0.05) is 27.4 Å². The van der Waals surface area contributed by atoms with Gasteiger partial charge in [0.15, 0.2) is 17.7 Å². The number of allylic oxidation sites excluding steroid dienone is 2. The summed E-state index contributed by atoms with van der Waals surface area (Å²) < 4.78 is 14.3. The molecule has 0 heterocycles. The highest BCUT2D eigenvalue weighted by atomic mass is 19.1. The van der Waals surface area contributed by atoms with Gasteiger partial charge in [0.1, 0.15) is 0 Å². The van der Waals surface area contributed by atoms with E-state index in [2.05, 4.69) is 20.4 Å². The van der Waals surface area contributed by atoms with Crippen molar-refractivity contribution in [1.82, 2.24) is 0 Å². The van der Waals surface area contributed by atoms with Crippen LogP contribution in [0.15, 0.2) is 23.4 Å². The number of carbonyl (C=O) groups excluding carboxylic acids is 2. The van der Waals surface area contributed by atoms with E-state index in [0.717, 1.165) is 30.4 Å². The van der Waals surface area contributed by atoms with Gasteiger partial charge in [-0.15, -0.1) is 0 Å². The number of ketones is 2. The third-order valence-electron chi connectivity index (χ3n) is 8.31. The molecule has 0 aliphatic heterocycles. The molecular weight excluding hydrogens is 317 g/mol. The Hall–Kier alpha value is -1.45. The first-order valence-corrected chi connectivity index (χ1v) is 9.54. The molecule has 3 saturated carbocycles. The van der Waals surface area contributed by atoms with Crippen LogP contribution in [0.5, 0.6) is 0 Å². The Morgan fingerprint density at radius 3 is 2.52 bits per heavy atom. The lowest BCUT2D eigenvalue weighted by Crippen LogP contribution is -2.54. The standard InChI is InChI=1S/C21H28FNO2/c1-10-11(2)17-18(23)15(24)6-8-20(17,3)12-5-7-21(4)13(16(10)12)9-14(22)19(21)25/h10,12-14,16H,2,5-9,23H2,1,3-4H3/t10-,12+,13+,14-,16-,20-,21+/m1/s1. The molecule has 136 valence electrons. The lowest BCUT2D eigenvalue weighted by atomic mass is 9.44. The molecule has 2 N–H and O–H groups in total. The summed E-state index contributed by atoms with van der Waals surface area (Å²) in [7, 11) is 0. The first-order valence-electron chi connectivity index (χ1n) is 9.54. The second-order valence-corrected chi connectivity index (χ2v) is 9.26. The third-order valence-corrected chi connectivity index (χ3v) is 8.31. The monoisotopic (exact) mass is 345 g/mol. The number of rotatable bonds is 0. The highest BCUT2D eigenvalue weighted by Gasteiger charge is 2.64. The van der Waals surface area contributed by atoms with E-state index in [1.165, 1.54) is 0 Å². The molecule has 0 amide bonds. The number of carbonyl (C=O) groups is 2. The maximum atomic E-state index is 14.3. The van der Waals surface area contributed by atoms with Gasteiger partial charge in [-0.2, -0.15) is 0 Å². The Bertz CT molecular complexity index is 725. The third kappa shape index (κ3) is 1.91. The van der Waals surface area contributed by atoms with Crippen LogP contribution in [-0.4, -0.2) is 17.7 Å². The Morgan fingerprint density at radius 2 is 1.84 bits per heavy atom. The van der Waals surface area contributed by atoms with Crippen LogP contribution in [0.3, 0.4) is 0 Å². The zero-order valence-corrected chi connectivity index (χ0v) is 15.4. The summed E-state index contributed by atoms with van der Waals surface area (Å²) in [5, 5.41) is 0. The summed E-state index contributed by atoms with van der Waals surface area (Å²) in [6.07, 6.45) is 1.92. The van der Waals surface area contributed by atoms with Crippen molar-refractivity contribution in [2.45, 2.75) is 59.0 Å². The van der Waals surface area contributed by atoms with E-state index in [-0.39, 0.29) is 34.7 Å². The quantitative estimate of drug-likeness (QED) is 0.728. The molecule has 4 heteroatoms. The van der Waals surface area contributed by atoms with Crippen LogP contribution in [0.1, 0.15) is 52.9 Å². The molecule has 7 atom stereocenters. The molecule has 0 saturated heterocycles. The molecule has 0 spiro atoms. The number of hydrogen-bond acceptors (Lipinski definition) is 3. The lowest BCUT2D eigenvalue weighted by molar-refractivity contribution is -0.136. The fourth-order valence-electron chi connectivity index (χ4n) is 6.84. The molecule has 0 aromatic heterocycles. The maximum absolute atomic E-state index is 14.3. The largest absolute Gasteiger partial charge is 0.396 e. The fourth-order valence-corrected chi connectivity index (χ4v) is 6.84. The Morgan fingerprint density at radius 1 is 1.16 bits per heavy atom. The number of Topliss-reactive ketones (excluding diaryl/α,β-unsaturated/α-hetero) is 2. The van der Waals surface area contributed by atoms with Crippen LogP contribution in [0.25, 0.3) is 0 Å². The van der Waals surface area contributed by atoms with Gasteiger partial charge in [0.2, 0.25) is 0 Å². The van der Waals surface area contributed by atoms with Gasteiger partial charge >= 0.3 is 0 Å². The lowest BCUT2D eigenvalue weighted by Gasteiger charge is -2.59. The summed E-state index contributed by atoms with van der Waals surface area (Å²) in [6.45, 7) is 10.6. The molecule has 3 nitrogen and oxygen atoms in total. The molecule has 0 radical (unpaired) electrons. The van der Waals surface area contributed by atoms with Gasteiger partial charge in [-0.25, -0.2) is 4.39 Å². The Kier molecular flexibility index (Phi) is 3.43. The van der Waals surface area contributed by atoms with Crippen LogP contribution in [0, 0.1) is 34.5 Å². The SMILES string of the molecule is C=C1C2=C(N)C(=O)CC[C@]2(C)[C@H]2CC[C@]3(C)C(=O)[C@H](F)C[C@H]3[C@@H]2[C@@H]1C. The molecule has 0 unspecified atom stereocenters. The number of fused-ring (bicyclic) bond motifs is 5. The number of halogens is 1. The summed E-state index contributed by atoms with van der Waals surface area (Å²) >= 11 is 0. The van der Waals surface area contributed by atoms with Gasteiger partial charge in [-0.3, -0.25) is 9.59 Å². The highest BCUT2D eigenvalue weighted by molar-refractivity contribution is 5.97. The second-order valence-electron chi connectivity index (χ2n) is 9.26. The van der Waals surface area contributed by atoms with Gasteiger partial charge < -0.3 is 5.73 Å². The predicted octanol–water partition coefficient (Wildman–Crippen LogP) is 3.73. The van der Waals surface area contributed by atoms with Crippen LogP contribution >= 0.6 is 0 Å². The van der Waals surface area contributed by atoms with E-state index >= 15 is 0 Å². The predicted molar refractivity (Wildman–Crippen MR) is 94.2 cm³/mol. The first kappa shape index (κ1) is 17.0. The Labute approximate surface area is 148 Å². The minimum atomic E-state index is -1.32. The Balaban J connectivity index is 1.84. The highest BCUT2D eigenvalue weighted by Crippen LogP contribution is 2.67. The van der Waals surface area contributed by atoms with Crippen LogP contribution < -0.4 is 5.73 Å². The topological polar surface area (TPSA) is 60.2 Å². The van der Waals surface area contributed by atoms with Gasteiger partial charge in [0, 0.05) is 11.8 Å². The molecule has 4 aliphatic rings. The van der Waals surface area contributed by atoms with Gasteiger partial charge in [0.05, 0.1) is 5.70 Å². The summed E-state index contributed by atoms with van der Waals surface area (Å²) in [5.74, 6) is 0.605. The van der Waals surface area contributed by atoms with Crippen molar-refractivity contribution in [3.63, 3.8) is 0 Å². The maximum Gasteiger partial charge on any atom is 0.178 e. The second kappa shape index (κ2) is 5.05. The fraction of sp³-hybridized carbons (Fsp3) is 0.714. The normalized spacial score (nSPS) is 49.8. The van der Waals surface area contributed by atoms with Crippen molar-refractivity contribution in [2.75, 3.05) is 0 Å². The van der Waals surface area contributed by atoms with Crippen molar-refractivity contribution in [3.8, 4) is 0 Å². The van der Waals surface area contributed by atoms with E-state index in [0.29, 0.717) is 24.5 Å². The van der Waals surface area contributed by atoms with E-state index in [1.54, 1.807) is 0 Å². The van der Waals surface area contributed by atoms with Crippen molar-refractivity contribution in [1.29, 1.82) is 0 Å². The zero-order chi connectivity index (χ0) is 18.3. The van der Waals surface area contributed by atoms with Crippen LogP contribution in [-0.2, 0) is 9.59 Å². The van der Waals surface area contributed by atoms with E-state index < -0.39 is 11.6 Å². The molecule has 0 aromatic rings. The molecule has 0 aromatic carbocycles. The molecule has 25 heavy (non-hydrogen) atoms. The summed E-state index contributed by atoms with van der Waals surface area (Å²) in [6, 6.07) is 0. The minimum absolute atomic E-state index is 0.0276. The van der Waals surface area contributed by atoms with E-state index in [1.807, 2.05) is 6.92 Å². The summed E-state index contributed by atoms with van der Waals surface area (Å²) in [5.41, 5.74) is 7.80. The smallest absolute Gasteiger partial charge is 0.178 e. The molecule has 3 fully saturated rings. The van der Waals surface area contributed by atoms with Gasteiger partial charge in [-0.05, 0) is 65.9 Å². The first-order chi connectivity index (χ1) is 11.6. The molecular formula is C21H28FNO2. The van der Waals surface area contributed by atoms with Crippen molar-refractivity contribution >= 4 is 11.6 Å². The average Bonchev–Trinajstić information content (AvgIpc) is 2.80. The van der Waals surface area contributed by atoms with Crippen molar-refractivity contribution in [3.05, 3.63) is 23.4 Å². The molecule has 0 bridgehead atoms. The molecule has 4 rings (SSSR count). The number of hydrogen-bond donors (Lipinski definition) is 1. The number of alkyl halides is 1. The van der Waals surface area contributed by atoms with Crippen LogP contribution in [0.2, 0.25) is 0 Å². The van der Waals surface area contributed by atoms with Crippen molar-refractivity contribution < 1.29 is 14.0 Å². The summed E-state index contributed by atoms with van der Waals surface area (Å²) in [4.78, 5) is 24.7. The van der Waals surface area contributed by atoms with E-state index in [9.17, 15) is 14.0 Å². The molecule has 4 aliphatic carbocycles. The minimum Gasteiger partial charge on any atom is -0.396 e. The average molecular weight is 345 g/mol. The van der Waals surface area contributed by atoms with Crippen molar-refractivity contribution in [2.24, 2.45) is 40.2 Å². The van der Waals surface area contributed by atoms with Crippen LogP contribution in [0.4, 0.5) is 4.39 Å². The van der Waals surface area contributed by atoms with E-state index in [4.69, 9.17) is 5.73 Å². The number of nitrogens with two attached hydrogens (primary N) is 1. The van der Waals surface area contributed by atoms with Gasteiger partial charge in [0.25, 0.3) is 0 Å².